The molecule has 2 aromatic heterocycles. The van der Waals surface area contributed by atoms with Crippen LogP contribution in [0, 0.1) is 6.92 Å². The van der Waals surface area contributed by atoms with Crippen LogP contribution < -0.4 is 15.8 Å². The molecule has 6 heteroatoms. The fourth-order valence-electron chi connectivity index (χ4n) is 1.71. The van der Waals surface area contributed by atoms with Gasteiger partial charge in [-0.3, -0.25) is 0 Å². The highest BCUT2D eigenvalue weighted by Crippen LogP contribution is 2.19. The first-order chi connectivity index (χ1) is 9.06. The van der Waals surface area contributed by atoms with Crippen LogP contribution in [0.1, 0.15) is 25.2 Å². The molecule has 102 valence electrons. The lowest BCUT2D eigenvalue weighted by Gasteiger charge is -2.13. The van der Waals surface area contributed by atoms with Gasteiger partial charge in [-0.2, -0.15) is 0 Å². The molecule has 19 heavy (non-hydrogen) atoms. The predicted octanol–water partition coefficient (Wildman–Crippen LogP) is 2.09. The van der Waals surface area contributed by atoms with Crippen molar-refractivity contribution in [3.8, 4) is 5.88 Å². The number of imidazole rings is 1. The van der Waals surface area contributed by atoms with Crippen LogP contribution in [0.3, 0.4) is 0 Å². The quantitative estimate of drug-likeness (QED) is 0.767. The Morgan fingerprint density at radius 3 is 2.89 bits per heavy atom. The molecule has 2 aromatic rings. The molecule has 0 aliphatic carbocycles. The van der Waals surface area contributed by atoms with Crippen molar-refractivity contribution >= 4 is 11.6 Å². The van der Waals surface area contributed by atoms with Gasteiger partial charge in [0.2, 0.25) is 5.88 Å². The number of nitrogen functional groups attached to an aromatic ring is 1. The Hall–Kier alpha value is -2.24. The molecule has 0 radical (unpaired) electrons. The van der Waals surface area contributed by atoms with Gasteiger partial charge in [0.15, 0.2) is 5.82 Å². The summed E-state index contributed by atoms with van der Waals surface area (Å²) in [5.74, 6) is 2.60. The second-order valence-corrected chi connectivity index (χ2v) is 4.57. The van der Waals surface area contributed by atoms with Crippen molar-refractivity contribution in [1.29, 1.82) is 0 Å². The van der Waals surface area contributed by atoms with E-state index in [1.54, 1.807) is 6.20 Å². The fraction of sp³-hybridized carbons (Fsp3) is 0.385. The number of aromatic amines is 1. The number of nitrogens with two attached hydrogens (primary N) is 1. The van der Waals surface area contributed by atoms with E-state index in [-0.39, 0.29) is 6.10 Å². The van der Waals surface area contributed by atoms with Crippen molar-refractivity contribution < 1.29 is 4.74 Å². The Morgan fingerprint density at radius 2 is 2.26 bits per heavy atom. The number of hydrogen-bond donors (Lipinski definition) is 3. The van der Waals surface area contributed by atoms with E-state index in [1.807, 2.05) is 32.9 Å². The summed E-state index contributed by atoms with van der Waals surface area (Å²) in [6, 6.07) is 3.84. The number of anilines is 2. The Labute approximate surface area is 112 Å². The smallest absolute Gasteiger partial charge is 0.218 e. The molecule has 0 unspecified atom stereocenters. The maximum atomic E-state index is 5.80. The number of pyridine rings is 1. The van der Waals surface area contributed by atoms with Gasteiger partial charge in [0, 0.05) is 18.3 Å². The topological polar surface area (TPSA) is 88.8 Å². The van der Waals surface area contributed by atoms with Crippen LogP contribution in [-0.2, 0) is 6.54 Å². The molecule has 0 saturated heterocycles. The van der Waals surface area contributed by atoms with E-state index >= 15 is 0 Å². The van der Waals surface area contributed by atoms with E-state index < -0.39 is 0 Å². The first kappa shape index (κ1) is 13.2. The van der Waals surface area contributed by atoms with Crippen molar-refractivity contribution in [3.05, 3.63) is 29.7 Å². The average molecular weight is 261 g/mol. The van der Waals surface area contributed by atoms with Crippen molar-refractivity contribution in [2.75, 3.05) is 11.1 Å². The van der Waals surface area contributed by atoms with Crippen LogP contribution in [0.4, 0.5) is 11.6 Å². The molecule has 0 aromatic carbocycles. The minimum Gasteiger partial charge on any atom is -0.475 e. The molecule has 2 heterocycles. The number of nitrogens with zero attached hydrogens (tertiary/aromatic N) is 2. The van der Waals surface area contributed by atoms with Crippen LogP contribution >= 0.6 is 0 Å². The standard InChI is InChI=1S/C13H19N5O/c1-8(2)19-13-10(5-4-6-15-13)7-16-12-11(14)17-9(3)18-12/h4-6,8,16H,7,14H2,1-3H3,(H,17,18). The third-order valence-corrected chi connectivity index (χ3v) is 2.49. The van der Waals surface area contributed by atoms with Crippen LogP contribution in [0.5, 0.6) is 5.88 Å². The average Bonchev–Trinajstić information content (AvgIpc) is 2.66. The number of H-pyrrole nitrogens is 1. The second-order valence-electron chi connectivity index (χ2n) is 4.57. The summed E-state index contributed by atoms with van der Waals surface area (Å²) in [7, 11) is 0. The van der Waals surface area contributed by atoms with Gasteiger partial charge in [-0.05, 0) is 26.8 Å². The molecule has 4 N–H and O–H groups in total. The van der Waals surface area contributed by atoms with Gasteiger partial charge >= 0.3 is 0 Å². The molecule has 0 aliphatic rings. The van der Waals surface area contributed by atoms with Crippen molar-refractivity contribution in [3.63, 3.8) is 0 Å². The zero-order valence-corrected chi connectivity index (χ0v) is 11.4. The lowest BCUT2D eigenvalue weighted by atomic mass is 10.2. The van der Waals surface area contributed by atoms with Crippen molar-refractivity contribution in [1.82, 2.24) is 15.0 Å². The van der Waals surface area contributed by atoms with Gasteiger partial charge in [0.1, 0.15) is 11.6 Å². The minimum atomic E-state index is 0.0892. The normalized spacial score (nSPS) is 10.7. The molecule has 0 amide bonds. The van der Waals surface area contributed by atoms with E-state index in [4.69, 9.17) is 10.5 Å². The molecular weight excluding hydrogens is 242 g/mol. The number of rotatable bonds is 5. The molecule has 0 saturated carbocycles. The van der Waals surface area contributed by atoms with E-state index in [0.717, 1.165) is 11.4 Å². The number of ether oxygens (including phenoxy) is 1. The monoisotopic (exact) mass is 261 g/mol. The highest BCUT2D eigenvalue weighted by molar-refractivity contribution is 5.57. The van der Waals surface area contributed by atoms with E-state index in [2.05, 4.69) is 20.3 Å². The van der Waals surface area contributed by atoms with Crippen LogP contribution in [0.25, 0.3) is 0 Å². The van der Waals surface area contributed by atoms with E-state index in [9.17, 15) is 0 Å². The Balaban J connectivity index is 2.09. The van der Waals surface area contributed by atoms with Crippen LogP contribution in [0.15, 0.2) is 18.3 Å². The highest BCUT2D eigenvalue weighted by atomic mass is 16.5. The number of hydrogen-bond acceptors (Lipinski definition) is 5. The first-order valence-electron chi connectivity index (χ1n) is 6.22. The molecule has 0 fully saturated rings. The third kappa shape index (κ3) is 3.37. The van der Waals surface area contributed by atoms with Gasteiger partial charge in [-0.15, -0.1) is 0 Å². The summed E-state index contributed by atoms with van der Waals surface area (Å²) < 4.78 is 5.66. The molecule has 0 atom stereocenters. The maximum absolute atomic E-state index is 5.80. The zero-order chi connectivity index (χ0) is 13.8. The third-order valence-electron chi connectivity index (χ3n) is 2.49. The Bertz CT molecular complexity index is 550. The van der Waals surface area contributed by atoms with Crippen LogP contribution in [0.2, 0.25) is 0 Å². The lowest BCUT2D eigenvalue weighted by Crippen LogP contribution is -2.11. The van der Waals surface area contributed by atoms with Crippen molar-refractivity contribution in [2.45, 2.75) is 33.4 Å². The van der Waals surface area contributed by atoms with E-state index in [1.165, 1.54) is 0 Å². The summed E-state index contributed by atoms with van der Waals surface area (Å²) in [5, 5.41) is 3.18. The first-order valence-corrected chi connectivity index (χ1v) is 6.22. The summed E-state index contributed by atoms with van der Waals surface area (Å²) >= 11 is 0. The minimum absolute atomic E-state index is 0.0892. The second kappa shape index (κ2) is 5.60. The van der Waals surface area contributed by atoms with E-state index in [0.29, 0.717) is 24.1 Å². The predicted molar refractivity (Wildman–Crippen MR) is 75.1 cm³/mol. The summed E-state index contributed by atoms with van der Waals surface area (Å²) in [5.41, 5.74) is 6.77. The summed E-state index contributed by atoms with van der Waals surface area (Å²) in [6.07, 6.45) is 1.81. The fourth-order valence-corrected chi connectivity index (χ4v) is 1.71. The molecule has 2 rings (SSSR count). The summed E-state index contributed by atoms with van der Waals surface area (Å²) in [4.78, 5) is 11.4. The van der Waals surface area contributed by atoms with Gasteiger partial charge in [0.05, 0.1) is 6.10 Å². The van der Waals surface area contributed by atoms with Gasteiger partial charge in [-0.1, -0.05) is 6.07 Å². The number of aryl methyl sites for hydroxylation is 1. The highest BCUT2D eigenvalue weighted by Gasteiger charge is 2.09. The SMILES string of the molecule is Cc1nc(NCc2cccnc2OC(C)C)c(N)[nH]1. The van der Waals surface area contributed by atoms with Crippen LogP contribution in [-0.4, -0.2) is 21.1 Å². The maximum Gasteiger partial charge on any atom is 0.218 e. The Kier molecular flexibility index (Phi) is 3.89. The van der Waals surface area contributed by atoms with Crippen molar-refractivity contribution in [2.24, 2.45) is 0 Å². The molecule has 0 bridgehead atoms. The van der Waals surface area contributed by atoms with Gasteiger partial charge < -0.3 is 20.8 Å². The van der Waals surface area contributed by atoms with Gasteiger partial charge in [-0.25, -0.2) is 9.97 Å². The largest absolute Gasteiger partial charge is 0.475 e. The van der Waals surface area contributed by atoms with Gasteiger partial charge in [0.25, 0.3) is 0 Å². The zero-order valence-electron chi connectivity index (χ0n) is 11.4. The number of nitrogens with one attached hydrogen (secondary N) is 2. The molecular formula is C13H19N5O. The number of aromatic nitrogens is 3. The molecule has 0 aliphatic heterocycles. The molecule has 0 spiro atoms. The molecule has 6 nitrogen and oxygen atoms in total. The lowest BCUT2D eigenvalue weighted by molar-refractivity contribution is 0.230. The Morgan fingerprint density at radius 1 is 1.47 bits per heavy atom. The summed E-state index contributed by atoms with van der Waals surface area (Å²) in [6.45, 7) is 6.37.